The Morgan fingerprint density at radius 3 is 2.54 bits per heavy atom. The predicted octanol–water partition coefficient (Wildman–Crippen LogP) is -0.740. The van der Waals surface area contributed by atoms with Gasteiger partial charge in [-0.15, -0.1) is 0 Å². The van der Waals surface area contributed by atoms with Crippen molar-refractivity contribution in [1.29, 1.82) is 0 Å². The fourth-order valence-electron chi connectivity index (χ4n) is 3.19. The molecule has 0 aliphatic heterocycles. The Morgan fingerprint density at radius 1 is 1.04 bits per heavy atom. The number of benzene rings is 1. The Bertz CT molecular complexity index is 973. The van der Waals surface area contributed by atoms with Gasteiger partial charge in [-0.3, -0.25) is 0 Å². The smallest absolute Gasteiger partial charge is 1.00 e. The molecule has 1 aliphatic carbocycles. The van der Waals surface area contributed by atoms with Gasteiger partial charge < -0.3 is 24.8 Å². The average Bonchev–Trinajstić information content (AvgIpc) is 3.10. The van der Waals surface area contributed by atoms with Gasteiger partial charge in [0.15, 0.2) is 0 Å². The molecule has 122 valence electrons. The van der Waals surface area contributed by atoms with Crippen LogP contribution in [-0.2, 0) is 23.2 Å². The van der Waals surface area contributed by atoms with Gasteiger partial charge in [0.2, 0.25) is 0 Å². The molecule has 1 aliphatic rings. The summed E-state index contributed by atoms with van der Waals surface area (Å²) < 4.78 is 4.30. The van der Waals surface area contributed by atoms with Crippen LogP contribution < -0.4 is 28.1 Å². The molecular formula is C19H16BrCl2NZr. The molecule has 5 heteroatoms. The minimum absolute atomic E-state index is 0. The van der Waals surface area contributed by atoms with E-state index in [-0.39, 0.29) is 24.8 Å². The molecule has 3 aromatic rings. The Balaban J connectivity index is 0.00000104. The second-order valence-electron chi connectivity index (χ2n) is 5.94. The number of halogens is 3. The molecule has 1 nitrogen and oxygen atoms in total. The standard InChI is InChI=1S/C14H11BrN.C5H5.2ClH.Zr/c1-8-5-10-7-13-11(3-4-14(15)16-13)9(2)12(10)6-8;1-2-4-5-3-1;;;/h3,5-7,16H,1-2H3;1-3H,4H2;2*1H;/q;;;;+2/p-2. The number of allylic oxidation sites excluding steroid dienone is 4. The van der Waals surface area contributed by atoms with E-state index in [1.165, 1.54) is 40.7 Å². The van der Waals surface area contributed by atoms with E-state index in [2.05, 4.69) is 77.3 Å². The van der Waals surface area contributed by atoms with E-state index in [1.807, 2.05) is 0 Å². The minimum atomic E-state index is -0.706. The summed E-state index contributed by atoms with van der Waals surface area (Å²) in [5.74, 6) is 0. The van der Waals surface area contributed by atoms with Gasteiger partial charge >= 0.3 is 151 Å². The second-order valence-corrected chi connectivity index (χ2v) is 10.3. The van der Waals surface area contributed by atoms with Crippen LogP contribution in [0.1, 0.15) is 17.5 Å². The first-order valence-corrected chi connectivity index (χ1v) is 10.7. The summed E-state index contributed by atoms with van der Waals surface area (Å²) in [5.41, 5.74) is 3.96. The molecule has 0 fully saturated rings. The van der Waals surface area contributed by atoms with Gasteiger partial charge in [0.25, 0.3) is 0 Å². The maximum absolute atomic E-state index is 3.76. The predicted molar refractivity (Wildman–Crippen MR) is 94.5 cm³/mol. The Labute approximate surface area is 174 Å². The molecule has 0 saturated carbocycles. The maximum atomic E-state index is 3.76. The first kappa shape index (κ1) is 20.0. The van der Waals surface area contributed by atoms with Crippen LogP contribution in [0, 0.1) is 13.8 Å². The van der Waals surface area contributed by atoms with Gasteiger partial charge in [-0.2, -0.15) is 0 Å². The van der Waals surface area contributed by atoms with Gasteiger partial charge in [-0.05, 0) is 0 Å². The summed E-state index contributed by atoms with van der Waals surface area (Å²) >= 11 is 3.05. The van der Waals surface area contributed by atoms with Gasteiger partial charge in [0, 0.05) is 0 Å². The largest absolute Gasteiger partial charge is 1.00 e. The van der Waals surface area contributed by atoms with Crippen molar-refractivity contribution in [2.24, 2.45) is 0 Å². The number of nitrogens with one attached hydrogen (secondary N) is 1. The molecule has 0 atom stereocenters. The van der Waals surface area contributed by atoms with Crippen molar-refractivity contribution >= 4 is 40.9 Å². The normalized spacial score (nSPS) is 12.7. The summed E-state index contributed by atoms with van der Waals surface area (Å²) in [6.07, 6.45) is 7.91. The molecule has 2 aromatic carbocycles. The Kier molecular flexibility index (Phi) is 6.59. The van der Waals surface area contributed by atoms with E-state index in [0.29, 0.717) is 0 Å². The molecule has 4 rings (SSSR count). The first-order valence-electron chi connectivity index (χ1n) is 7.47. The van der Waals surface area contributed by atoms with E-state index in [4.69, 9.17) is 0 Å². The summed E-state index contributed by atoms with van der Waals surface area (Å²) in [6.45, 7) is 4.42. The Morgan fingerprint density at radius 2 is 1.83 bits per heavy atom. The van der Waals surface area contributed by atoms with Crippen LogP contribution in [-0.4, -0.2) is 4.98 Å². The fourth-order valence-corrected chi connectivity index (χ4v) is 6.89. The SMILES string of the molecule is Cc1cc2cc3[nH]c(Br)[c]([Zr+2][C]4=CC=CC4)cc3c(C)c2c1.[Cl-].[Cl-]. The number of aromatic nitrogens is 1. The van der Waals surface area contributed by atoms with Crippen molar-refractivity contribution in [2.45, 2.75) is 20.3 Å². The third-order valence-electron chi connectivity index (χ3n) is 4.30. The fraction of sp³-hybridized carbons (Fsp3) is 0.158. The number of rotatable bonds is 2. The molecule has 0 radical (unpaired) electrons. The molecule has 0 bridgehead atoms. The van der Waals surface area contributed by atoms with Crippen molar-refractivity contribution in [1.82, 2.24) is 4.98 Å². The maximum Gasteiger partial charge on any atom is -1.00 e. The number of aryl methyl sites for hydroxylation is 2. The van der Waals surface area contributed by atoms with Crippen LogP contribution >= 0.6 is 15.9 Å². The summed E-state index contributed by atoms with van der Waals surface area (Å²) in [6, 6.07) is 9.26. The molecular weight excluding hydrogens is 484 g/mol. The molecule has 0 unspecified atom stereocenters. The van der Waals surface area contributed by atoms with E-state index >= 15 is 0 Å². The molecule has 1 N–H and O–H groups in total. The summed E-state index contributed by atoms with van der Waals surface area (Å²) in [7, 11) is 0. The average molecular weight is 500 g/mol. The van der Waals surface area contributed by atoms with Crippen molar-refractivity contribution in [3.05, 3.63) is 61.5 Å². The zero-order valence-electron chi connectivity index (χ0n) is 13.4. The van der Waals surface area contributed by atoms with Crippen molar-refractivity contribution in [3.8, 4) is 0 Å². The van der Waals surface area contributed by atoms with E-state index < -0.39 is 23.2 Å². The van der Waals surface area contributed by atoms with E-state index in [0.717, 1.165) is 6.42 Å². The molecule has 24 heavy (non-hydrogen) atoms. The van der Waals surface area contributed by atoms with Crippen LogP contribution in [0.15, 0.2) is 50.4 Å². The van der Waals surface area contributed by atoms with Crippen LogP contribution in [0.2, 0.25) is 0 Å². The zero-order valence-corrected chi connectivity index (χ0v) is 18.9. The molecule has 0 spiro atoms. The van der Waals surface area contributed by atoms with Crippen LogP contribution in [0.3, 0.4) is 0 Å². The zero-order chi connectivity index (χ0) is 15.3. The van der Waals surface area contributed by atoms with Gasteiger partial charge in [0.1, 0.15) is 0 Å². The van der Waals surface area contributed by atoms with Crippen molar-refractivity contribution in [2.75, 3.05) is 0 Å². The number of aromatic amines is 1. The summed E-state index contributed by atoms with van der Waals surface area (Å²) in [5, 5.41) is 4.09. The minimum Gasteiger partial charge on any atom is -1.00 e. The van der Waals surface area contributed by atoms with Gasteiger partial charge in [-0.25, -0.2) is 0 Å². The number of fused-ring (bicyclic) bond motifs is 2. The van der Waals surface area contributed by atoms with Crippen LogP contribution in [0.5, 0.6) is 0 Å². The first-order chi connectivity index (χ1) is 10.6. The monoisotopic (exact) mass is 497 g/mol. The second kappa shape index (κ2) is 7.91. The quantitative estimate of drug-likeness (QED) is 0.447. The third kappa shape index (κ3) is 3.60. The number of hydrogen-bond donors (Lipinski definition) is 1. The van der Waals surface area contributed by atoms with Gasteiger partial charge in [-0.1, -0.05) is 0 Å². The molecule has 0 amide bonds. The third-order valence-corrected chi connectivity index (χ3v) is 9.16. The van der Waals surface area contributed by atoms with Crippen LogP contribution in [0.25, 0.3) is 21.7 Å². The Hall–Kier alpha value is -0.337. The number of hydrogen-bond acceptors (Lipinski definition) is 0. The van der Waals surface area contributed by atoms with Crippen molar-refractivity contribution < 1.29 is 48.0 Å². The molecule has 1 aromatic heterocycles. The topological polar surface area (TPSA) is 15.8 Å². The number of H-pyrrole nitrogens is 1. The molecule has 1 heterocycles. The molecule has 0 saturated heterocycles. The number of pyridine rings is 1. The van der Waals surface area contributed by atoms with Crippen molar-refractivity contribution in [3.63, 3.8) is 0 Å². The van der Waals surface area contributed by atoms with E-state index in [1.54, 1.807) is 3.28 Å². The van der Waals surface area contributed by atoms with Gasteiger partial charge in [0.05, 0.1) is 0 Å². The van der Waals surface area contributed by atoms with E-state index in [9.17, 15) is 0 Å². The van der Waals surface area contributed by atoms with Crippen LogP contribution in [0.4, 0.5) is 0 Å². The summed E-state index contributed by atoms with van der Waals surface area (Å²) in [4.78, 5) is 3.59.